The van der Waals surface area contributed by atoms with Crippen molar-refractivity contribution in [2.75, 3.05) is 0 Å². The number of rotatable bonds is 5. The number of hydrogen-bond donors (Lipinski definition) is 0. The van der Waals surface area contributed by atoms with Crippen LogP contribution < -0.4 is 4.74 Å². The first-order chi connectivity index (χ1) is 9.85. The molecule has 2 unspecified atom stereocenters. The van der Waals surface area contributed by atoms with Gasteiger partial charge in [-0.1, -0.05) is 29.8 Å². The molecule has 116 valence electrons. The summed E-state index contributed by atoms with van der Waals surface area (Å²) in [5, 5.41) is 11.1. The zero-order chi connectivity index (χ0) is 15.8. The van der Waals surface area contributed by atoms with Crippen LogP contribution in [0.2, 0.25) is 0 Å². The van der Waals surface area contributed by atoms with E-state index in [1.807, 2.05) is 0 Å². The lowest BCUT2D eigenvalue weighted by atomic mass is 9.62. The molecule has 1 aromatic carbocycles. The maximum absolute atomic E-state index is 13.7. The number of nitro groups is 1. The monoisotopic (exact) mass is 423 g/mol. The summed E-state index contributed by atoms with van der Waals surface area (Å²) in [7, 11) is 0. The van der Waals surface area contributed by atoms with Gasteiger partial charge in [0.15, 0.2) is 5.75 Å². The van der Waals surface area contributed by atoms with Gasteiger partial charge in [-0.05, 0) is 35.2 Å². The normalized spacial score (nSPS) is 23.5. The Bertz CT molecular complexity index is 563. The molecule has 0 N–H and O–H groups in total. The molecule has 7 heteroatoms. The number of alkyl halides is 1. The fourth-order valence-electron chi connectivity index (χ4n) is 2.92. The van der Waals surface area contributed by atoms with Crippen molar-refractivity contribution in [3.8, 4) is 5.75 Å². The zero-order valence-corrected chi connectivity index (χ0v) is 14.9. The van der Waals surface area contributed by atoms with Crippen molar-refractivity contribution >= 4 is 37.5 Å². The van der Waals surface area contributed by atoms with Crippen molar-refractivity contribution in [1.82, 2.24) is 0 Å². The van der Waals surface area contributed by atoms with Crippen LogP contribution in [0.4, 0.5) is 10.1 Å². The molecule has 4 nitrogen and oxygen atoms in total. The lowest BCUT2D eigenvalue weighted by molar-refractivity contribution is -0.386. The van der Waals surface area contributed by atoms with Gasteiger partial charge in [-0.3, -0.25) is 10.1 Å². The Balaban J connectivity index is 2.32. The maximum atomic E-state index is 13.7. The van der Waals surface area contributed by atoms with Crippen molar-refractivity contribution in [1.29, 1.82) is 0 Å². The Hall–Kier alpha value is -0.690. The van der Waals surface area contributed by atoms with Crippen LogP contribution in [-0.4, -0.2) is 15.9 Å². The van der Waals surface area contributed by atoms with Crippen LogP contribution in [0.15, 0.2) is 16.6 Å². The molecule has 0 bridgehead atoms. The summed E-state index contributed by atoms with van der Waals surface area (Å²) in [6.45, 7) is 4.15. The number of hydrogen-bond acceptors (Lipinski definition) is 3. The van der Waals surface area contributed by atoms with Crippen LogP contribution >= 0.6 is 31.9 Å². The largest absolute Gasteiger partial charge is 0.483 e. The standard InChI is InChI=1S/C14H16Br2FNO3/c1-3-14(4-2)12(16)7-13(14)21-11-6-9(17)8(15)5-10(11)18(19)20/h5-6,12-13H,3-4,7H2,1-2H3. The first kappa shape index (κ1) is 16.7. The molecular formula is C14H16Br2FNO3. The van der Waals surface area contributed by atoms with E-state index in [0.29, 0.717) is 4.83 Å². The molecule has 1 aliphatic carbocycles. The van der Waals surface area contributed by atoms with Gasteiger partial charge in [0.1, 0.15) is 11.9 Å². The SMILES string of the molecule is CCC1(CC)C(Br)CC1Oc1cc(F)c(Br)cc1[N+](=O)[O-]. The van der Waals surface area contributed by atoms with Crippen LogP contribution in [0.1, 0.15) is 33.1 Å². The van der Waals surface area contributed by atoms with E-state index in [4.69, 9.17) is 4.74 Å². The summed E-state index contributed by atoms with van der Waals surface area (Å²) >= 11 is 6.60. The van der Waals surface area contributed by atoms with E-state index >= 15 is 0 Å². The molecule has 2 rings (SSSR count). The van der Waals surface area contributed by atoms with Gasteiger partial charge in [0.2, 0.25) is 0 Å². The first-order valence-corrected chi connectivity index (χ1v) is 8.50. The lowest BCUT2D eigenvalue weighted by Gasteiger charge is -2.52. The molecule has 1 saturated carbocycles. The molecular weight excluding hydrogens is 409 g/mol. The summed E-state index contributed by atoms with van der Waals surface area (Å²) in [5.74, 6) is -0.569. The molecule has 1 aromatic rings. The van der Waals surface area contributed by atoms with Crippen LogP contribution in [0.3, 0.4) is 0 Å². The number of ether oxygens (including phenoxy) is 1. The van der Waals surface area contributed by atoms with Crippen LogP contribution in [-0.2, 0) is 0 Å². The van der Waals surface area contributed by atoms with E-state index in [2.05, 4.69) is 45.7 Å². The highest BCUT2D eigenvalue weighted by Crippen LogP contribution is 2.53. The summed E-state index contributed by atoms with van der Waals surface area (Å²) in [6, 6.07) is 2.23. The molecule has 0 radical (unpaired) electrons. The summed E-state index contributed by atoms with van der Waals surface area (Å²) in [4.78, 5) is 10.9. The van der Waals surface area contributed by atoms with Gasteiger partial charge >= 0.3 is 5.69 Å². The van der Waals surface area contributed by atoms with E-state index in [0.717, 1.165) is 31.4 Å². The predicted molar refractivity (Wildman–Crippen MR) is 85.5 cm³/mol. The Morgan fingerprint density at radius 1 is 1.48 bits per heavy atom. The lowest BCUT2D eigenvalue weighted by Crippen LogP contribution is -2.56. The third-order valence-corrected chi connectivity index (χ3v) is 6.36. The third kappa shape index (κ3) is 2.82. The molecule has 21 heavy (non-hydrogen) atoms. The second-order valence-electron chi connectivity index (χ2n) is 5.24. The highest BCUT2D eigenvalue weighted by atomic mass is 79.9. The molecule has 0 spiro atoms. The Kier molecular flexibility index (Phi) is 4.92. The number of benzene rings is 1. The van der Waals surface area contributed by atoms with Crippen molar-refractivity contribution in [2.45, 2.75) is 44.0 Å². The van der Waals surface area contributed by atoms with E-state index in [1.165, 1.54) is 0 Å². The van der Waals surface area contributed by atoms with Gasteiger partial charge in [-0.2, -0.15) is 0 Å². The number of nitrogens with zero attached hydrogens (tertiary/aromatic N) is 1. The molecule has 0 aliphatic heterocycles. The van der Waals surface area contributed by atoms with Crippen LogP contribution in [0, 0.1) is 21.3 Å². The van der Waals surface area contributed by atoms with Crippen molar-refractivity contribution < 1.29 is 14.1 Å². The molecule has 1 aliphatic rings. The minimum Gasteiger partial charge on any atom is -0.483 e. The minimum absolute atomic E-state index is 0.00336. The average Bonchev–Trinajstić information content (AvgIpc) is 2.43. The fourth-order valence-corrected chi connectivity index (χ4v) is 4.53. The molecule has 2 atom stereocenters. The van der Waals surface area contributed by atoms with E-state index in [9.17, 15) is 14.5 Å². The Morgan fingerprint density at radius 2 is 2.10 bits per heavy atom. The van der Waals surface area contributed by atoms with Gasteiger partial charge < -0.3 is 4.74 Å². The van der Waals surface area contributed by atoms with Crippen molar-refractivity contribution in [2.24, 2.45) is 5.41 Å². The number of halogens is 3. The zero-order valence-electron chi connectivity index (χ0n) is 11.7. The van der Waals surface area contributed by atoms with Gasteiger partial charge in [-0.15, -0.1) is 0 Å². The first-order valence-electron chi connectivity index (χ1n) is 6.79. The number of nitro benzene ring substituents is 1. The van der Waals surface area contributed by atoms with Crippen molar-refractivity contribution in [3.63, 3.8) is 0 Å². The fraction of sp³-hybridized carbons (Fsp3) is 0.571. The summed E-state index contributed by atoms with van der Waals surface area (Å²) in [5.41, 5.74) is -0.278. The molecule has 1 fully saturated rings. The minimum atomic E-state index is -0.566. The van der Waals surface area contributed by atoms with Crippen molar-refractivity contribution in [3.05, 3.63) is 32.5 Å². The molecule has 0 saturated heterocycles. The maximum Gasteiger partial charge on any atom is 0.312 e. The molecule has 0 heterocycles. The Labute approximate surface area is 139 Å². The quantitative estimate of drug-likeness (QED) is 0.370. The highest BCUT2D eigenvalue weighted by Gasteiger charge is 2.53. The van der Waals surface area contributed by atoms with E-state index in [-0.39, 0.29) is 27.4 Å². The molecule has 0 amide bonds. The predicted octanol–water partition coefficient (Wildman–Crippen LogP) is 5.22. The van der Waals surface area contributed by atoms with Gasteiger partial charge in [-0.25, -0.2) is 4.39 Å². The highest BCUT2D eigenvalue weighted by molar-refractivity contribution is 9.10. The van der Waals surface area contributed by atoms with Gasteiger partial charge in [0.05, 0.1) is 9.40 Å². The second kappa shape index (κ2) is 6.20. The Morgan fingerprint density at radius 3 is 2.57 bits per heavy atom. The topological polar surface area (TPSA) is 52.4 Å². The van der Waals surface area contributed by atoms with Gasteiger partial charge in [0.25, 0.3) is 0 Å². The van der Waals surface area contributed by atoms with Crippen LogP contribution in [0.25, 0.3) is 0 Å². The van der Waals surface area contributed by atoms with Crippen LogP contribution in [0.5, 0.6) is 5.75 Å². The van der Waals surface area contributed by atoms with Gasteiger partial charge in [0, 0.05) is 22.4 Å². The summed E-state index contributed by atoms with van der Waals surface area (Å²) in [6.07, 6.45) is 2.42. The smallest absolute Gasteiger partial charge is 0.312 e. The molecule has 0 aromatic heterocycles. The van der Waals surface area contributed by atoms with E-state index < -0.39 is 10.7 Å². The van der Waals surface area contributed by atoms with E-state index in [1.54, 1.807) is 0 Å². The third-order valence-electron chi connectivity index (χ3n) is 4.47. The summed E-state index contributed by atoms with van der Waals surface area (Å²) < 4.78 is 19.5. The average molecular weight is 425 g/mol. The second-order valence-corrected chi connectivity index (χ2v) is 7.20.